The summed E-state index contributed by atoms with van der Waals surface area (Å²) in [5.74, 6) is 0.770. The molecule has 4 aromatic rings. The lowest BCUT2D eigenvalue weighted by Crippen LogP contribution is -2.36. The Morgan fingerprint density at radius 2 is 2.00 bits per heavy atom. The van der Waals surface area contributed by atoms with Crippen LogP contribution in [0.25, 0.3) is 28.2 Å². The van der Waals surface area contributed by atoms with Crippen LogP contribution in [0.15, 0.2) is 48.9 Å². The van der Waals surface area contributed by atoms with E-state index in [9.17, 15) is 0 Å². The summed E-state index contributed by atoms with van der Waals surface area (Å²) in [6.07, 6.45) is 3.80. The number of aryl methyl sites for hydroxylation is 1. The van der Waals surface area contributed by atoms with Crippen molar-refractivity contribution in [1.82, 2.24) is 24.3 Å². The average Bonchev–Trinajstić information content (AvgIpc) is 3.45. The summed E-state index contributed by atoms with van der Waals surface area (Å²) in [7, 11) is 1.70. The van der Waals surface area contributed by atoms with Gasteiger partial charge >= 0.3 is 0 Å². The number of rotatable bonds is 6. The first-order valence-corrected chi connectivity index (χ1v) is 10.5. The maximum atomic E-state index is 5.55. The second kappa shape index (κ2) is 8.49. The van der Waals surface area contributed by atoms with E-state index >= 15 is 0 Å². The molecule has 0 spiro atoms. The van der Waals surface area contributed by atoms with Crippen molar-refractivity contribution in [2.75, 3.05) is 44.9 Å². The third-order valence-electron chi connectivity index (χ3n) is 5.56. The second-order valence-electron chi connectivity index (χ2n) is 7.72. The quantitative estimate of drug-likeness (QED) is 0.479. The zero-order valence-corrected chi connectivity index (χ0v) is 17.9. The van der Waals surface area contributed by atoms with E-state index in [0.29, 0.717) is 26.4 Å². The van der Waals surface area contributed by atoms with Crippen LogP contribution in [0.5, 0.6) is 0 Å². The molecule has 5 rings (SSSR count). The first-order valence-electron chi connectivity index (χ1n) is 10.5. The molecule has 0 atom stereocenters. The van der Waals surface area contributed by atoms with Gasteiger partial charge in [0.15, 0.2) is 11.5 Å². The summed E-state index contributed by atoms with van der Waals surface area (Å²) in [6.45, 7) is 6.47. The van der Waals surface area contributed by atoms with E-state index in [-0.39, 0.29) is 0 Å². The first-order chi connectivity index (χ1) is 15.2. The van der Waals surface area contributed by atoms with Gasteiger partial charge in [-0.2, -0.15) is 5.10 Å². The number of pyridine rings is 1. The van der Waals surface area contributed by atoms with Crippen molar-refractivity contribution in [3.8, 4) is 17.1 Å². The van der Waals surface area contributed by atoms with E-state index in [0.717, 1.165) is 47.0 Å². The summed E-state index contributed by atoms with van der Waals surface area (Å²) in [4.78, 5) is 11.9. The van der Waals surface area contributed by atoms with Gasteiger partial charge in [-0.1, -0.05) is 23.8 Å². The Morgan fingerprint density at radius 3 is 2.81 bits per heavy atom. The third-order valence-corrected chi connectivity index (χ3v) is 5.56. The molecule has 3 aromatic heterocycles. The molecule has 1 aliphatic heterocycles. The fourth-order valence-corrected chi connectivity index (χ4v) is 3.93. The molecule has 8 nitrogen and oxygen atoms in total. The Bertz CT molecular complexity index is 1190. The molecule has 0 amide bonds. The molecule has 0 bridgehead atoms. The lowest BCUT2D eigenvalue weighted by Gasteiger charge is -2.29. The number of imidazole rings is 1. The van der Waals surface area contributed by atoms with Gasteiger partial charge in [-0.25, -0.2) is 14.6 Å². The summed E-state index contributed by atoms with van der Waals surface area (Å²) in [5.41, 5.74) is 6.02. The second-order valence-corrected chi connectivity index (χ2v) is 7.72. The number of fused-ring (bicyclic) bond motifs is 1. The van der Waals surface area contributed by atoms with Crippen molar-refractivity contribution in [1.29, 1.82) is 0 Å². The Morgan fingerprint density at radius 1 is 1.13 bits per heavy atom. The van der Waals surface area contributed by atoms with Crippen LogP contribution in [0.4, 0.5) is 5.69 Å². The largest absolute Gasteiger partial charge is 0.383 e. The molecule has 1 aromatic carbocycles. The van der Waals surface area contributed by atoms with E-state index in [2.05, 4.69) is 47.1 Å². The fraction of sp³-hybridized carbons (Fsp3) is 0.348. The van der Waals surface area contributed by atoms with Gasteiger partial charge in [0.05, 0.1) is 37.5 Å². The molecular formula is C23H26N6O2. The van der Waals surface area contributed by atoms with Crippen molar-refractivity contribution >= 4 is 16.9 Å². The van der Waals surface area contributed by atoms with E-state index < -0.39 is 0 Å². The van der Waals surface area contributed by atoms with Crippen molar-refractivity contribution < 1.29 is 9.47 Å². The molecule has 4 heterocycles. The molecule has 0 saturated carbocycles. The fourth-order valence-electron chi connectivity index (χ4n) is 3.93. The Labute approximate surface area is 181 Å². The number of ether oxygens (including phenoxy) is 2. The van der Waals surface area contributed by atoms with Crippen molar-refractivity contribution in [3.63, 3.8) is 0 Å². The number of methoxy groups -OCH3 is 1. The number of aromatic nitrogens is 5. The lowest BCUT2D eigenvalue weighted by molar-refractivity contribution is 0.123. The smallest absolute Gasteiger partial charge is 0.164 e. The van der Waals surface area contributed by atoms with E-state index in [1.807, 2.05) is 27.8 Å². The van der Waals surface area contributed by atoms with Gasteiger partial charge in [-0.15, -0.1) is 0 Å². The average molecular weight is 419 g/mol. The zero-order valence-electron chi connectivity index (χ0n) is 17.9. The third kappa shape index (κ3) is 3.92. The van der Waals surface area contributed by atoms with Gasteiger partial charge in [-0.05, 0) is 19.1 Å². The van der Waals surface area contributed by atoms with Gasteiger partial charge in [0.2, 0.25) is 0 Å². The van der Waals surface area contributed by atoms with Crippen LogP contribution in [-0.2, 0) is 16.0 Å². The highest BCUT2D eigenvalue weighted by molar-refractivity contribution is 5.87. The summed E-state index contributed by atoms with van der Waals surface area (Å²) in [6, 6.07) is 12.5. The summed E-state index contributed by atoms with van der Waals surface area (Å²) < 4.78 is 14.7. The number of anilines is 1. The van der Waals surface area contributed by atoms with Crippen molar-refractivity contribution in [3.05, 3.63) is 54.5 Å². The number of morpholine rings is 1. The molecule has 0 N–H and O–H groups in total. The lowest BCUT2D eigenvalue weighted by atomic mass is 10.1. The Kier molecular flexibility index (Phi) is 5.40. The van der Waals surface area contributed by atoms with Crippen LogP contribution in [-0.4, -0.2) is 64.3 Å². The van der Waals surface area contributed by atoms with Gasteiger partial charge in [0.1, 0.15) is 5.52 Å². The Hall–Kier alpha value is -3.23. The van der Waals surface area contributed by atoms with E-state index in [4.69, 9.17) is 19.6 Å². The summed E-state index contributed by atoms with van der Waals surface area (Å²) >= 11 is 0. The highest BCUT2D eigenvalue weighted by Gasteiger charge is 2.20. The molecule has 1 fully saturated rings. The predicted molar refractivity (Wildman–Crippen MR) is 120 cm³/mol. The maximum Gasteiger partial charge on any atom is 0.164 e. The molecular weight excluding hydrogens is 392 g/mol. The molecule has 0 aliphatic carbocycles. The number of hydrogen-bond donors (Lipinski definition) is 0. The minimum absolute atomic E-state index is 0.601. The summed E-state index contributed by atoms with van der Waals surface area (Å²) in [5, 5.41) is 4.82. The standard InChI is InChI=1S/C23H26N6O2/c1-17-4-3-5-18(14-17)19-6-7-29(26-19)21-15-20(27-9-12-31-13-10-27)22-23(25-21)28(16-24-22)8-11-30-2/h3-7,14-16H,8-13H2,1-2H3. The minimum Gasteiger partial charge on any atom is -0.383 e. The highest BCUT2D eigenvalue weighted by atomic mass is 16.5. The van der Waals surface area contributed by atoms with Gasteiger partial charge in [-0.3, -0.25) is 0 Å². The maximum absolute atomic E-state index is 5.55. The topological polar surface area (TPSA) is 70.2 Å². The molecule has 8 heteroatoms. The van der Waals surface area contributed by atoms with Crippen molar-refractivity contribution in [2.45, 2.75) is 13.5 Å². The minimum atomic E-state index is 0.601. The van der Waals surface area contributed by atoms with E-state index in [1.165, 1.54) is 5.56 Å². The van der Waals surface area contributed by atoms with Crippen LogP contribution < -0.4 is 4.90 Å². The van der Waals surface area contributed by atoms with Gasteiger partial charge < -0.3 is 18.9 Å². The first kappa shape index (κ1) is 19.7. The molecule has 1 saturated heterocycles. The highest BCUT2D eigenvalue weighted by Crippen LogP contribution is 2.28. The van der Waals surface area contributed by atoms with Crippen molar-refractivity contribution in [2.24, 2.45) is 0 Å². The Balaban J connectivity index is 1.59. The zero-order chi connectivity index (χ0) is 21.2. The van der Waals surface area contributed by atoms with E-state index in [1.54, 1.807) is 7.11 Å². The number of nitrogens with zero attached hydrogens (tertiary/aromatic N) is 6. The number of hydrogen-bond acceptors (Lipinski definition) is 6. The van der Waals surface area contributed by atoms with Gasteiger partial charge in [0, 0.05) is 44.6 Å². The molecule has 160 valence electrons. The number of benzene rings is 1. The predicted octanol–water partition coefficient (Wildman–Crippen LogP) is 3.08. The molecule has 31 heavy (non-hydrogen) atoms. The molecule has 1 aliphatic rings. The monoisotopic (exact) mass is 418 g/mol. The van der Waals surface area contributed by atoms with Crippen LogP contribution >= 0.6 is 0 Å². The van der Waals surface area contributed by atoms with Crippen LogP contribution in [0, 0.1) is 6.92 Å². The van der Waals surface area contributed by atoms with Crippen LogP contribution in [0.2, 0.25) is 0 Å². The SMILES string of the molecule is COCCn1cnc2c(N3CCOCC3)cc(-n3ccc(-c4cccc(C)c4)n3)nc21. The van der Waals surface area contributed by atoms with Gasteiger partial charge in [0.25, 0.3) is 0 Å². The molecule has 0 unspecified atom stereocenters. The van der Waals surface area contributed by atoms with Crippen LogP contribution in [0.1, 0.15) is 5.56 Å². The van der Waals surface area contributed by atoms with Crippen LogP contribution in [0.3, 0.4) is 0 Å². The molecule has 0 radical (unpaired) electrons. The normalized spacial score (nSPS) is 14.5.